The van der Waals surface area contributed by atoms with Crippen LogP contribution in [0.15, 0.2) is 33.8 Å². The van der Waals surface area contributed by atoms with E-state index in [9.17, 15) is 0 Å². The molecule has 1 N–H and O–H groups in total. The Bertz CT molecular complexity index is 529. The summed E-state index contributed by atoms with van der Waals surface area (Å²) in [5, 5.41) is 4.98. The minimum Gasteiger partial charge on any atom is -0.253 e. The zero-order valence-electron chi connectivity index (χ0n) is 9.57. The van der Waals surface area contributed by atoms with Crippen molar-refractivity contribution in [3.63, 3.8) is 0 Å². The molecule has 88 valence electrons. The molecule has 0 amide bonds. The summed E-state index contributed by atoms with van der Waals surface area (Å²) >= 11 is 5.03. The first kappa shape index (κ1) is 12.3. The number of anilines is 1. The molecule has 17 heavy (non-hydrogen) atoms. The van der Waals surface area contributed by atoms with E-state index in [0.717, 1.165) is 20.9 Å². The summed E-state index contributed by atoms with van der Waals surface area (Å²) in [5.41, 5.74) is 5.03. The topological polar surface area (TPSA) is 37.3 Å². The molecular formula is C12H12BrN3S. The third-order valence-electron chi connectivity index (χ3n) is 2.25. The monoisotopic (exact) mass is 309 g/mol. The maximum Gasteiger partial charge on any atom is 0.203 e. The fourth-order valence-corrected chi connectivity index (χ4v) is 2.45. The number of halogens is 1. The summed E-state index contributed by atoms with van der Waals surface area (Å²) in [6.07, 6.45) is 1.77. The fourth-order valence-electron chi connectivity index (χ4n) is 1.27. The van der Waals surface area contributed by atoms with Gasteiger partial charge in [-0.25, -0.2) is 4.98 Å². The number of benzene rings is 1. The summed E-state index contributed by atoms with van der Waals surface area (Å²) in [6, 6.07) is 7.96. The Labute approximate surface area is 113 Å². The molecule has 0 fully saturated rings. The Morgan fingerprint density at radius 1 is 1.41 bits per heavy atom. The Morgan fingerprint density at radius 3 is 2.88 bits per heavy atom. The lowest BCUT2D eigenvalue weighted by atomic mass is 10.2. The second kappa shape index (κ2) is 5.42. The zero-order chi connectivity index (χ0) is 12.3. The van der Waals surface area contributed by atoms with Crippen LogP contribution >= 0.6 is 27.3 Å². The van der Waals surface area contributed by atoms with Crippen molar-refractivity contribution in [2.45, 2.75) is 13.8 Å². The van der Waals surface area contributed by atoms with Crippen LogP contribution in [0.1, 0.15) is 16.1 Å². The second-order valence-electron chi connectivity index (χ2n) is 3.59. The average Bonchev–Trinajstić information content (AvgIpc) is 2.58. The number of rotatable bonds is 3. The number of hydrogen-bond donors (Lipinski definition) is 1. The highest BCUT2D eigenvalue weighted by atomic mass is 79.9. The molecule has 0 aliphatic carbocycles. The minimum atomic E-state index is 0.825. The molecule has 0 unspecified atom stereocenters. The summed E-state index contributed by atoms with van der Waals surface area (Å²) in [6.45, 7) is 4.05. The quantitative estimate of drug-likeness (QED) is 0.688. The molecule has 0 aliphatic rings. The molecule has 2 aromatic rings. The van der Waals surface area contributed by atoms with Crippen molar-refractivity contribution in [2.75, 3.05) is 5.43 Å². The van der Waals surface area contributed by atoms with Gasteiger partial charge in [0.15, 0.2) is 0 Å². The van der Waals surface area contributed by atoms with Gasteiger partial charge in [0, 0.05) is 9.35 Å². The van der Waals surface area contributed by atoms with Crippen LogP contribution in [0.3, 0.4) is 0 Å². The van der Waals surface area contributed by atoms with E-state index in [-0.39, 0.29) is 0 Å². The molecule has 0 saturated carbocycles. The molecule has 0 saturated heterocycles. The molecule has 1 aromatic heterocycles. The molecule has 0 radical (unpaired) electrons. The van der Waals surface area contributed by atoms with Gasteiger partial charge in [-0.05, 0) is 31.5 Å². The molecule has 1 heterocycles. The third-order valence-corrected chi connectivity index (χ3v) is 3.72. The zero-order valence-corrected chi connectivity index (χ0v) is 12.0. The van der Waals surface area contributed by atoms with Crippen LogP contribution in [0.4, 0.5) is 5.13 Å². The van der Waals surface area contributed by atoms with E-state index in [4.69, 9.17) is 0 Å². The van der Waals surface area contributed by atoms with Gasteiger partial charge in [-0.15, -0.1) is 11.3 Å². The van der Waals surface area contributed by atoms with Crippen molar-refractivity contribution in [3.8, 4) is 0 Å². The highest BCUT2D eigenvalue weighted by molar-refractivity contribution is 9.10. The number of aromatic nitrogens is 1. The van der Waals surface area contributed by atoms with E-state index in [2.05, 4.69) is 38.4 Å². The summed E-state index contributed by atoms with van der Waals surface area (Å²) in [5.74, 6) is 0. The van der Waals surface area contributed by atoms with Crippen LogP contribution in [-0.2, 0) is 0 Å². The van der Waals surface area contributed by atoms with Gasteiger partial charge in [0.1, 0.15) is 0 Å². The van der Waals surface area contributed by atoms with Gasteiger partial charge in [0.2, 0.25) is 5.13 Å². The molecule has 0 bridgehead atoms. The normalized spacial score (nSPS) is 11.0. The van der Waals surface area contributed by atoms with Gasteiger partial charge < -0.3 is 0 Å². The summed E-state index contributed by atoms with van der Waals surface area (Å²) in [7, 11) is 0. The van der Waals surface area contributed by atoms with E-state index in [1.165, 1.54) is 4.88 Å². The van der Waals surface area contributed by atoms with E-state index < -0.39 is 0 Å². The van der Waals surface area contributed by atoms with Crippen LogP contribution in [0.25, 0.3) is 0 Å². The predicted octanol–water partition coefficient (Wildman–Crippen LogP) is 3.97. The van der Waals surface area contributed by atoms with Gasteiger partial charge >= 0.3 is 0 Å². The van der Waals surface area contributed by atoms with E-state index in [1.54, 1.807) is 17.6 Å². The number of hydrogen-bond acceptors (Lipinski definition) is 4. The van der Waals surface area contributed by atoms with Crippen molar-refractivity contribution >= 4 is 38.6 Å². The van der Waals surface area contributed by atoms with Gasteiger partial charge in [-0.3, -0.25) is 5.43 Å². The highest BCUT2D eigenvalue weighted by Crippen LogP contribution is 2.20. The molecule has 2 rings (SSSR count). The second-order valence-corrected chi connectivity index (χ2v) is 5.70. The Morgan fingerprint density at radius 2 is 2.24 bits per heavy atom. The number of nitrogens with one attached hydrogen (secondary N) is 1. The number of aryl methyl sites for hydroxylation is 2. The van der Waals surface area contributed by atoms with E-state index >= 15 is 0 Å². The van der Waals surface area contributed by atoms with Gasteiger partial charge in [-0.2, -0.15) is 5.10 Å². The summed E-state index contributed by atoms with van der Waals surface area (Å²) in [4.78, 5) is 5.56. The molecular weight excluding hydrogens is 298 g/mol. The maximum absolute atomic E-state index is 4.34. The average molecular weight is 310 g/mol. The van der Waals surface area contributed by atoms with E-state index in [0.29, 0.717) is 0 Å². The van der Waals surface area contributed by atoms with Crippen LogP contribution in [0.2, 0.25) is 0 Å². The number of nitrogens with zero attached hydrogens (tertiary/aromatic N) is 2. The molecule has 0 atom stereocenters. The highest BCUT2D eigenvalue weighted by Gasteiger charge is 2.00. The molecule has 5 heteroatoms. The van der Waals surface area contributed by atoms with Crippen LogP contribution in [-0.4, -0.2) is 11.2 Å². The van der Waals surface area contributed by atoms with Crippen LogP contribution in [0.5, 0.6) is 0 Å². The number of hydrazone groups is 1. The summed E-state index contributed by atoms with van der Waals surface area (Å²) < 4.78 is 1.04. The molecule has 3 nitrogen and oxygen atoms in total. The molecule has 0 aliphatic heterocycles. The Balaban J connectivity index is 2.02. The smallest absolute Gasteiger partial charge is 0.203 e. The van der Waals surface area contributed by atoms with Crippen LogP contribution < -0.4 is 5.43 Å². The van der Waals surface area contributed by atoms with Crippen molar-refractivity contribution in [3.05, 3.63) is 44.9 Å². The maximum atomic E-state index is 4.34. The first-order valence-corrected chi connectivity index (χ1v) is 6.75. The lowest BCUT2D eigenvalue weighted by Crippen LogP contribution is -1.89. The Hall–Kier alpha value is -1.20. The molecule has 0 spiro atoms. The van der Waals surface area contributed by atoms with E-state index in [1.807, 2.05) is 31.2 Å². The number of thiazole rings is 1. The standard InChI is InChI=1S/C12H12BrN3S/c1-8-9(2)17-12(15-8)16-14-7-10-4-3-5-11(13)6-10/h3-7H,1-2H3,(H,15,16)/b14-7+. The van der Waals surface area contributed by atoms with Crippen molar-refractivity contribution in [1.82, 2.24) is 4.98 Å². The third kappa shape index (κ3) is 3.38. The Kier molecular flexibility index (Phi) is 3.91. The lowest BCUT2D eigenvalue weighted by Gasteiger charge is -1.95. The first-order valence-electron chi connectivity index (χ1n) is 5.14. The van der Waals surface area contributed by atoms with Crippen molar-refractivity contribution in [1.29, 1.82) is 0 Å². The largest absolute Gasteiger partial charge is 0.253 e. The lowest BCUT2D eigenvalue weighted by molar-refractivity contribution is 1.20. The van der Waals surface area contributed by atoms with Crippen molar-refractivity contribution < 1.29 is 0 Å². The van der Waals surface area contributed by atoms with Crippen LogP contribution in [0, 0.1) is 13.8 Å². The predicted molar refractivity (Wildman–Crippen MR) is 76.9 cm³/mol. The fraction of sp³-hybridized carbons (Fsp3) is 0.167. The minimum absolute atomic E-state index is 0.825. The van der Waals surface area contributed by atoms with Crippen molar-refractivity contribution in [2.24, 2.45) is 5.10 Å². The van der Waals surface area contributed by atoms with Gasteiger partial charge in [0.05, 0.1) is 11.9 Å². The SMILES string of the molecule is Cc1nc(N/N=C/c2cccc(Br)c2)sc1C. The van der Waals surface area contributed by atoms with Gasteiger partial charge in [-0.1, -0.05) is 28.1 Å². The molecule has 1 aromatic carbocycles. The van der Waals surface area contributed by atoms with Gasteiger partial charge in [0.25, 0.3) is 0 Å². The first-order chi connectivity index (χ1) is 8.15.